The van der Waals surface area contributed by atoms with Gasteiger partial charge in [-0.15, -0.1) is 50.9 Å². The van der Waals surface area contributed by atoms with E-state index in [9.17, 15) is 0 Å². The van der Waals surface area contributed by atoms with Crippen molar-refractivity contribution in [2.24, 2.45) is 0 Å². The summed E-state index contributed by atoms with van der Waals surface area (Å²) >= 11 is 0. The maximum absolute atomic E-state index is 0. The summed E-state index contributed by atoms with van der Waals surface area (Å²) in [5.41, 5.74) is 0. The zero-order chi connectivity index (χ0) is 0. The molecule has 5 heavy (non-hydrogen) atoms. The van der Waals surface area contributed by atoms with E-state index in [1.165, 1.54) is 0 Å². The molecule has 0 aliphatic rings. The van der Waals surface area contributed by atoms with Crippen LogP contribution in [0.25, 0.3) is 0 Å². The number of hydrogen-bond acceptors (Lipinski definition) is 0. The molecule has 0 rings (SSSR count). The second-order valence-electron chi connectivity index (χ2n) is 0. The van der Waals surface area contributed by atoms with Gasteiger partial charge in [-0.1, -0.05) is 0 Å². The van der Waals surface area contributed by atoms with E-state index in [0.717, 1.165) is 0 Å². The smallest absolute Gasteiger partial charge is 0 e. The Morgan fingerprint density at radius 1 is 0.600 bits per heavy atom. The summed E-state index contributed by atoms with van der Waals surface area (Å²) < 4.78 is 0. The van der Waals surface area contributed by atoms with Gasteiger partial charge in [0.2, 0.25) is 0 Å². The average Bonchev–Trinajstić information content (AvgIpc) is 0. The molecule has 0 aromatic rings. The van der Waals surface area contributed by atoms with Gasteiger partial charge in [-0.05, 0) is 0 Å². The van der Waals surface area contributed by atoms with Crippen LogP contribution in [0.15, 0.2) is 0 Å². The van der Waals surface area contributed by atoms with E-state index in [2.05, 4.69) is 0 Å². The molecular weight excluding hydrogens is 512 g/mol. The molecule has 0 amide bonds. The molecule has 1 radical (unpaired) electrons. The maximum Gasteiger partial charge on any atom is 0 e. The van der Waals surface area contributed by atoms with Gasteiger partial charge in [0.25, 0.3) is 0 Å². The molecule has 5 heteroatoms. The molecule has 29 valence electrons. The summed E-state index contributed by atoms with van der Waals surface area (Å²) in [6.45, 7) is 0. The van der Waals surface area contributed by atoms with Crippen LogP contribution in [0.5, 0.6) is 0 Å². The summed E-state index contributed by atoms with van der Waals surface area (Å²) in [6.07, 6.45) is 0. The normalized spacial score (nSPS) is 0. The minimum atomic E-state index is 0. The van der Waals surface area contributed by atoms with Crippen molar-refractivity contribution in [2.75, 3.05) is 0 Å². The maximum atomic E-state index is 0. The van der Waals surface area contributed by atoms with Gasteiger partial charge in [0.1, 0.15) is 0 Å². The minimum Gasteiger partial charge on any atom is 0 e. The molecule has 0 bridgehead atoms. The summed E-state index contributed by atoms with van der Waals surface area (Å²) in [6, 6.07) is 0. The zero-order valence-corrected chi connectivity index (χ0v) is 10.6. The molecule has 0 aromatic heterocycles. The Kier molecular flexibility index (Phi) is 156. The first-order chi connectivity index (χ1) is 0. The molecule has 0 aromatic carbocycles. The van der Waals surface area contributed by atoms with Gasteiger partial charge in [-0.3, -0.25) is 0 Å². The topological polar surface area (TPSA) is 0 Å². The fourth-order valence-electron chi connectivity index (χ4n) is 0. The molecule has 0 saturated heterocycles. The molecule has 0 nitrogen and oxygen atoms in total. The van der Waals surface area contributed by atoms with Crippen LogP contribution in [-0.2, 0) is 0 Å². The first kappa shape index (κ1) is 33.3. The molecule has 0 saturated carbocycles. The van der Waals surface area contributed by atoms with Crippen LogP contribution in [0, 0.1) is 35.6 Å². The van der Waals surface area contributed by atoms with E-state index in [4.69, 9.17) is 0 Å². The van der Waals surface area contributed by atoms with Crippen molar-refractivity contribution in [3.05, 3.63) is 0 Å². The van der Waals surface area contributed by atoms with Crippen LogP contribution >= 0.6 is 50.9 Å². The standard InChI is InChI=1S/3BrH.Cs.La.H/h3*1H;;;. The Hall–Kier alpha value is 4.69. The summed E-state index contributed by atoms with van der Waals surface area (Å²) in [5.74, 6) is 0. The third kappa shape index (κ3) is 17.7. The molecule has 0 spiro atoms. The number of hydrogen-bond donors (Lipinski definition) is 0. The SMILES string of the molecule is Br.Br.Br.[CsH].[La]. The van der Waals surface area contributed by atoms with Gasteiger partial charge < -0.3 is 0 Å². The fourth-order valence-corrected chi connectivity index (χ4v) is 0. The molecule has 0 N–H and O–H groups in total. The van der Waals surface area contributed by atoms with Gasteiger partial charge in [0.05, 0.1) is 0 Å². The van der Waals surface area contributed by atoms with Crippen molar-refractivity contribution in [3.8, 4) is 0 Å². The first-order valence-corrected chi connectivity index (χ1v) is 0. The predicted octanol–water partition coefficient (Wildman–Crippen LogP) is 1.09. The van der Waals surface area contributed by atoms with E-state index in [-0.39, 0.29) is 155 Å². The second-order valence-corrected chi connectivity index (χ2v) is 0. The Balaban J connectivity index is 0. The van der Waals surface area contributed by atoms with Gasteiger partial charge in [-0.2, -0.15) is 0 Å². The third-order valence-electron chi connectivity index (χ3n) is 0. The van der Waals surface area contributed by atoms with Crippen molar-refractivity contribution in [1.82, 2.24) is 0 Å². The van der Waals surface area contributed by atoms with Crippen molar-refractivity contribution in [1.29, 1.82) is 0 Å². The quantitative estimate of drug-likeness (QED) is 0.453. The van der Waals surface area contributed by atoms with E-state index in [1.54, 1.807) is 0 Å². The summed E-state index contributed by atoms with van der Waals surface area (Å²) in [7, 11) is 0. The largest absolute Gasteiger partial charge is 0 e. The van der Waals surface area contributed by atoms with Crippen LogP contribution in [-0.4, -0.2) is 68.9 Å². The van der Waals surface area contributed by atoms with Crippen molar-refractivity contribution < 1.29 is 35.6 Å². The fraction of sp³-hybridized carbons (Fsp3) is 0. The van der Waals surface area contributed by atoms with Gasteiger partial charge in [0, 0.05) is 35.6 Å². The Bertz CT molecular complexity index is 6.85. The van der Waals surface area contributed by atoms with E-state index in [1.807, 2.05) is 0 Å². The molecule has 0 unspecified atom stereocenters. The first-order valence-electron chi connectivity index (χ1n) is 0. The summed E-state index contributed by atoms with van der Waals surface area (Å²) in [5, 5.41) is 0. The van der Waals surface area contributed by atoms with Crippen LogP contribution < -0.4 is 0 Å². The molecular formula is H4Br3CsLa. The van der Waals surface area contributed by atoms with E-state index in [0.29, 0.717) is 0 Å². The van der Waals surface area contributed by atoms with E-state index >= 15 is 0 Å². The van der Waals surface area contributed by atoms with Crippen LogP contribution in [0.1, 0.15) is 0 Å². The Morgan fingerprint density at radius 3 is 0.600 bits per heavy atom. The molecule has 0 fully saturated rings. The Labute approximate surface area is 150 Å². The second kappa shape index (κ2) is 23.4. The van der Waals surface area contributed by atoms with Crippen molar-refractivity contribution in [2.45, 2.75) is 0 Å². The van der Waals surface area contributed by atoms with Crippen LogP contribution in [0.2, 0.25) is 0 Å². The predicted molar refractivity (Wildman–Crippen MR) is 38.1 cm³/mol. The molecule has 0 aliphatic heterocycles. The van der Waals surface area contributed by atoms with Crippen LogP contribution in [0.4, 0.5) is 0 Å². The van der Waals surface area contributed by atoms with Crippen LogP contribution in [0.3, 0.4) is 0 Å². The van der Waals surface area contributed by atoms with E-state index < -0.39 is 0 Å². The van der Waals surface area contributed by atoms with Gasteiger partial charge in [0.15, 0.2) is 0 Å². The Morgan fingerprint density at radius 2 is 0.600 bits per heavy atom. The third-order valence-corrected chi connectivity index (χ3v) is 0. The van der Waals surface area contributed by atoms with Crippen molar-refractivity contribution in [3.63, 3.8) is 0 Å². The molecule has 0 aliphatic carbocycles. The summed E-state index contributed by atoms with van der Waals surface area (Å²) in [4.78, 5) is 0. The molecule has 0 atom stereocenters. The minimum absolute atomic E-state index is 0. The number of halogens is 3. The van der Waals surface area contributed by atoms with Gasteiger partial charge >= 0.3 is 68.9 Å². The molecule has 0 heterocycles. The van der Waals surface area contributed by atoms with Gasteiger partial charge in [-0.25, -0.2) is 0 Å². The zero-order valence-electron chi connectivity index (χ0n) is 1.80. The number of rotatable bonds is 0. The van der Waals surface area contributed by atoms with Crippen molar-refractivity contribution >= 4 is 120 Å². The monoisotopic (exact) mass is 513 g/mol. The average molecular weight is 516 g/mol.